The molecule has 2 aromatic carbocycles. The summed E-state index contributed by atoms with van der Waals surface area (Å²) in [6.45, 7) is 0.266. The van der Waals surface area contributed by atoms with Crippen molar-refractivity contribution in [1.82, 2.24) is 10.6 Å². The lowest BCUT2D eigenvalue weighted by molar-refractivity contribution is -0.116. The first-order valence-corrected chi connectivity index (χ1v) is 7.71. The predicted octanol–water partition coefficient (Wildman–Crippen LogP) is 2.70. The van der Waals surface area contributed by atoms with Crippen LogP contribution >= 0.6 is 0 Å². The summed E-state index contributed by atoms with van der Waals surface area (Å²) in [5, 5.41) is 5.17. The van der Waals surface area contributed by atoms with Crippen LogP contribution in [0, 0.1) is 11.6 Å². The van der Waals surface area contributed by atoms with Gasteiger partial charge in [0.1, 0.15) is 11.6 Å². The fourth-order valence-corrected chi connectivity index (χ4v) is 2.21. The maximum atomic E-state index is 13.1. The van der Waals surface area contributed by atoms with Crippen molar-refractivity contribution in [2.45, 2.75) is 6.42 Å². The Kier molecular flexibility index (Phi) is 6.39. The molecule has 0 aliphatic heterocycles. The minimum absolute atomic E-state index is 0.179. The van der Waals surface area contributed by atoms with Gasteiger partial charge in [-0.05, 0) is 47.9 Å². The molecule has 130 valence electrons. The molecule has 0 bridgehead atoms. The number of rotatable bonds is 6. The Bertz CT molecular complexity index is 766. The number of nitrogens with one attached hydrogen (secondary N) is 2. The third kappa shape index (κ3) is 5.84. The van der Waals surface area contributed by atoms with E-state index in [2.05, 4.69) is 10.6 Å². The molecular weight excluding hydrogens is 326 g/mol. The topological polar surface area (TPSA) is 58.2 Å². The molecule has 0 saturated heterocycles. The summed E-state index contributed by atoms with van der Waals surface area (Å²) in [7, 11) is 1.55. The first-order valence-electron chi connectivity index (χ1n) is 7.71. The molecule has 0 heterocycles. The quantitative estimate of drug-likeness (QED) is 0.792. The molecule has 2 N–H and O–H groups in total. The van der Waals surface area contributed by atoms with E-state index in [1.807, 2.05) is 0 Å². The van der Waals surface area contributed by atoms with Crippen LogP contribution in [0.15, 0.2) is 48.5 Å². The average Bonchev–Trinajstić information content (AvgIpc) is 2.59. The Morgan fingerprint density at radius 3 is 2.28 bits per heavy atom. The van der Waals surface area contributed by atoms with E-state index < -0.39 is 11.6 Å². The highest BCUT2D eigenvalue weighted by molar-refractivity contribution is 5.94. The molecule has 0 saturated carbocycles. The second-order valence-corrected chi connectivity index (χ2v) is 5.35. The van der Waals surface area contributed by atoms with Crippen molar-refractivity contribution in [3.8, 4) is 0 Å². The van der Waals surface area contributed by atoms with E-state index in [0.29, 0.717) is 17.5 Å². The highest BCUT2D eigenvalue weighted by Crippen LogP contribution is 2.08. The van der Waals surface area contributed by atoms with Gasteiger partial charge in [-0.3, -0.25) is 9.59 Å². The molecule has 6 heteroatoms. The smallest absolute Gasteiger partial charge is 0.251 e. The van der Waals surface area contributed by atoms with Gasteiger partial charge in [0.25, 0.3) is 5.91 Å². The number of carbonyl (C=O) groups is 2. The van der Waals surface area contributed by atoms with E-state index in [1.165, 1.54) is 18.2 Å². The Morgan fingerprint density at radius 1 is 1.04 bits per heavy atom. The van der Waals surface area contributed by atoms with Gasteiger partial charge in [0, 0.05) is 31.3 Å². The highest BCUT2D eigenvalue weighted by atomic mass is 19.1. The number of carbonyl (C=O) groups excluding carboxylic acids is 2. The lowest BCUT2D eigenvalue weighted by atomic mass is 10.1. The van der Waals surface area contributed by atoms with Crippen LogP contribution < -0.4 is 10.6 Å². The summed E-state index contributed by atoms with van der Waals surface area (Å²) >= 11 is 0. The van der Waals surface area contributed by atoms with Gasteiger partial charge in [0.05, 0.1) is 0 Å². The summed E-state index contributed by atoms with van der Waals surface area (Å²) < 4.78 is 26.1. The van der Waals surface area contributed by atoms with E-state index in [-0.39, 0.29) is 18.4 Å². The zero-order valence-corrected chi connectivity index (χ0v) is 13.7. The zero-order chi connectivity index (χ0) is 18.2. The van der Waals surface area contributed by atoms with E-state index in [4.69, 9.17) is 0 Å². The molecule has 0 fully saturated rings. The van der Waals surface area contributed by atoms with Crippen molar-refractivity contribution in [2.75, 3.05) is 13.6 Å². The first kappa shape index (κ1) is 18.3. The minimum atomic E-state index is -0.638. The van der Waals surface area contributed by atoms with E-state index >= 15 is 0 Å². The molecule has 2 aromatic rings. The molecule has 4 nitrogen and oxygen atoms in total. The van der Waals surface area contributed by atoms with Crippen LogP contribution in [0.2, 0.25) is 0 Å². The summed E-state index contributed by atoms with van der Waals surface area (Å²) in [6, 6.07) is 10.1. The second kappa shape index (κ2) is 8.73. The number of benzene rings is 2. The van der Waals surface area contributed by atoms with Crippen LogP contribution in [0.5, 0.6) is 0 Å². The maximum absolute atomic E-state index is 13.1. The molecule has 0 spiro atoms. The molecule has 0 atom stereocenters. The van der Waals surface area contributed by atoms with Crippen molar-refractivity contribution in [3.05, 3.63) is 76.9 Å². The van der Waals surface area contributed by atoms with E-state index in [9.17, 15) is 18.4 Å². The number of halogens is 2. The van der Waals surface area contributed by atoms with Gasteiger partial charge >= 0.3 is 0 Å². The molecule has 0 unspecified atom stereocenters. The van der Waals surface area contributed by atoms with Gasteiger partial charge < -0.3 is 10.6 Å². The fourth-order valence-electron chi connectivity index (χ4n) is 2.21. The molecule has 0 aromatic heterocycles. The van der Waals surface area contributed by atoms with Gasteiger partial charge in [-0.1, -0.05) is 12.1 Å². The van der Waals surface area contributed by atoms with Crippen LogP contribution in [0.1, 0.15) is 21.5 Å². The van der Waals surface area contributed by atoms with Crippen LogP contribution in [-0.4, -0.2) is 25.4 Å². The van der Waals surface area contributed by atoms with Gasteiger partial charge in [-0.15, -0.1) is 0 Å². The number of hydrogen-bond acceptors (Lipinski definition) is 2. The summed E-state index contributed by atoms with van der Waals surface area (Å²) in [4.78, 5) is 23.2. The van der Waals surface area contributed by atoms with Crippen LogP contribution in [0.25, 0.3) is 6.08 Å². The second-order valence-electron chi connectivity index (χ2n) is 5.35. The van der Waals surface area contributed by atoms with Crippen LogP contribution in [0.3, 0.4) is 0 Å². The van der Waals surface area contributed by atoms with Crippen molar-refractivity contribution in [2.24, 2.45) is 0 Å². The molecule has 2 rings (SSSR count). The van der Waals surface area contributed by atoms with Crippen molar-refractivity contribution in [1.29, 1.82) is 0 Å². The lowest BCUT2D eigenvalue weighted by Gasteiger charge is -2.04. The highest BCUT2D eigenvalue weighted by Gasteiger charge is 2.03. The SMILES string of the molecule is CNC(=O)c1ccc(/C=C/C(=O)NCCc2cc(F)cc(F)c2)cc1. The molecule has 0 radical (unpaired) electrons. The third-order valence-electron chi connectivity index (χ3n) is 3.46. The molecule has 0 aliphatic rings. The molecule has 0 aliphatic carbocycles. The van der Waals surface area contributed by atoms with Gasteiger partial charge in [-0.2, -0.15) is 0 Å². The Hall–Kier alpha value is -3.02. The van der Waals surface area contributed by atoms with Gasteiger partial charge in [0.15, 0.2) is 0 Å². The monoisotopic (exact) mass is 344 g/mol. The average molecular weight is 344 g/mol. The predicted molar refractivity (Wildman–Crippen MR) is 91.9 cm³/mol. The summed E-state index contributed by atoms with van der Waals surface area (Å²) in [5.74, 6) is -1.77. The standard InChI is InChI=1S/C19H18F2N2O2/c1-22-19(25)15-5-2-13(3-6-15)4-7-18(24)23-9-8-14-10-16(20)12-17(21)11-14/h2-7,10-12H,8-9H2,1H3,(H,22,25)(H,23,24)/b7-4+. The Labute approximate surface area is 144 Å². The van der Waals surface area contributed by atoms with E-state index in [0.717, 1.165) is 11.6 Å². The lowest BCUT2D eigenvalue weighted by Crippen LogP contribution is -2.23. The van der Waals surface area contributed by atoms with Gasteiger partial charge in [-0.25, -0.2) is 8.78 Å². The zero-order valence-electron chi connectivity index (χ0n) is 13.7. The normalized spacial score (nSPS) is 10.7. The molecular formula is C19H18F2N2O2. The number of amides is 2. The van der Waals surface area contributed by atoms with E-state index in [1.54, 1.807) is 37.4 Å². The summed E-state index contributed by atoms with van der Waals surface area (Å²) in [5.41, 5.74) is 1.79. The Morgan fingerprint density at radius 2 is 1.68 bits per heavy atom. The van der Waals surface area contributed by atoms with Crippen molar-refractivity contribution in [3.63, 3.8) is 0 Å². The van der Waals surface area contributed by atoms with Crippen molar-refractivity contribution >= 4 is 17.9 Å². The van der Waals surface area contributed by atoms with Crippen LogP contribution in [-0.2, 0) is 11.2 Å². The minimum Gasteiger partial charge on any atom is -0.355 e. The number of hydrogen-bond donors (Lipinski definition) is 2. The fraction of sp³-hybridized carbons (Fsp3) is 0.158. The van der Waals surface area contributed by atoms with Gasteiger partial charge in [0.2, 0.25) is 5.91 Å². The van der Waals surface area contributed by atoms with Crippen molar-refractivity contribution < 1.29 is 18.4 Å². The molecule has 25 heavy (non-hydrogen) atoms. The summed E-state index contributed by atoms with van der Waals surface area (Å²) in [6.07, 6.45) is 3.31. The maximum Gasteiger partial charge on any atom is 0.251 e. The molecule has 2 amide bonds. The first-order chi connectivity index (χ1) is 12.0. The van der Waals surface area contributed by atoms with Crippen LogP contribution in [0.4, 0.5) is 8.78 Å². The Balaban J connectivity index is 1.83. The largest absolute Gasteiger partial charge is 0.355 e. The third-order valence-corrected chi connectivity index (χ3v) is 3.46.